The Morgan fingerprint density at radius 1 is 1.42 bits per heavy atom. The number of nitrogens with zero attached hydrogens (tertiary/aromatic N) is 1. The highest BCUT2D eigenvalue weighted by Gasteiger charge is 2.22. The van der Waals surface area contributed by atoms with Crippen molar-refractivity contribution in [3.05, 3.63) is 35.9 Å². The molecule has 1 aliphatic rings. The normalized spacial score (nSPS) is 20.1. The molecule has 2 rings (SSSR count). The van der Waals surface area contributed by atoms with Gasteiger partial charge in [0.15, 0.2) is 0 Å². The summed E-state index contributed by atoms with van der Waals surface area (Å²) in [4.78, 5) is 12.8. The van der Waals surface area contributed by atoms with E-state index in [1.54, 1.807) is 0 Å². The zero-order valence-electron chi connectivity index (χ0n) is 10.9. The predicted molar refractivity (Wildman–Crippen MR) is 72.1 cm³/mol. The highest BCUT2D eigenvalue weighted by atomic mass is 16.5. The number of carboxylic acid groups (broad SMARTS) is 1. The van der Waals surface area contributed by atoms with Gasteiger partial charge in [0.05, 0.1) is 13.2 Å². The molecule has 0 aliphatic carbocycles. The molecular weight excluding hydrogens is 244 g/mol. The number of hydrogen-bond donors (Lipinski definition) is 2. The van der Waals surface area contributed by atoms with Gasteiger partial charge in [-0.15, -0.1) is 0 Å². The van der Waals surface area contributed by atoms with Crippen LogP contribution >= 0.6 is 0 Å². The molecule has 0 unspecified atom stereocenters. The number of amides is 1. The molecule has 5 nitrogen and oxygen atoms in total. The third-order valence-corrected chi connectivity index (χ3v) is 3.33. The zero-order valence-corrected chi connectivity index (χ0v) is 10.9. The second-order valence-corrected chi connectivity index (χ2v) is 4.71. The SMILES string of the molecule is O=C(O)NCC[C@@H]1COCCN1Cc1ccccc1. The van der Waals surface area contributed by atoms with Gasteiger partial charge in [-0.05, 0) is 12.0 Å². The molecule has 1 aromatic rings. The van der Waals surface area contributed by atoms with Crippen LogP contribution in [-0.4, -0.2) is 48.4 Å². The van der Waals surface area contributed by atoms with Gasteiger partial charge in [-0.1, -0.05) is 30.3 Å². The van der Waals surface area contributed by atoms with Gasteiger partial charge in [0.2, 0.25) is 0 Å². The van der Waals surface area contributed by atoms with Crippen LogP contribution in [0.4, 0.5) is 4.79 Å². The number of rotatable bonds is 5. The first-order chi connectivity index (χ1) is 9.25. The van der Waals surface area contributed by atoms with E-state index in [1.165, 1.54) is 5.56 Å². The van der Waals surface area contributed by atoms with E-state index < -0.39 is 6.09 Å². The molecule has 1 aromatic carbocycles. The van der Waals surface area contributed by atoms with E-state index in [0.29, 0.717) is 13.2 Å². The van der Waals surface area contributed by atoms with Crippen LogP contribution in [0, 0.1) is 0 Å². The summed E-state index contributed by atoms with van der Waals surface area (Å²) in [7, 11) is 0. The smallest absolute Gasteiger partial charge is 0.404 e. The van der Waals surface area contributed by atoms with Gasteiger partial charge in [0, 0.05) is 25.7 Å². The fourth-order valence-electron chi connectivity index (χ4n) is 2.33. The van der Waals surface area contributed by atoms with Crippen molar-refractivity contribution in [3.8, 4) is 0 Å². The Hall–Kier alpha value is -1.59. The summed E-state index contributed by atoms with van der Waals surface area (Å²) in [6.07, 6.45) is -0.189. The molecule has 1 aliphatic heterocycles. The molecule has 104 valence electrons. The molecule has 1 saturated heterocycles. The lowest BCUT2D eigenvalue weighted by molar-refractivity contribution is -0.0141. The summed E-state index contributed by atoms with van der Waals surface area (Å²) >= 11 is 0. The van der Waals surface area contributed by atoms with Crippen molar-refractivity contribution in [2.24, 2.45) is 0 Å². The van der Waals surface area contributed by atoms with Gasteiger partial charge < -0.3 is 15.2 Å². The number of nitrogens with one attached hydrogen (secondary N) is 1. The Morgan fingerprint density at radius 2 is 2.21 bits per heavy atom. The summed E-state index contributed by atoms with van der Waals surface area (Å²) in [5.74, 6) is 0. The molecular formula is C14H20N2O3. The summed E-state index contributed by atoms with van der Waals surface area (Å²) in [6, 6.07) is 10.6. The van der Waals surface area contributed by atoms with E-state index in [1.807, 2.05) is 18.2 Å². The second-order valence-electron chi connectivity index (χ2n) is 4.71. The van der Waals surface area contributed by atoms with Crippen LogP contribution in [0.1, 0.15) is 12.0 Å². The number of ether oxygens (including phenoxy) is 1. The molecule has 0 saturated carbocycles. The Balaban J connectivity index is 1.86. The maximum Gasteiger partial charge on any atom is 0.404 e. The first kappa shape index (κ1) is 13.8. The van der Waals surface area contributed by atoms with Gasteiger partial charge in [0.1, 0.15) is 0 Å². The summed E-state index contributed by atoms with van der Waals surface area (Å²) in [5, 5.41) is 11.0. The van der Waals surface area contributed by atoms with Gasteiger partial charge in [-0.2, -0.15) is 0 Å². The van der Waals surface area contributed by atoms with Crippen LogP contribution in [0.25, 0.3) is 0 Å². The van der Waals surface area contributed by atoms with Crippen LogP contribution < -0.4 is 5.32 Å². The van der Waals surface area contributed by atoms with Crippen molar-refractivity contribution in [2.75, 3.05) is 26.3 Å². The number of hydrogen-bond acceptors (Lipinski definition) is 3. The summed E-state index contributed by atoms with van der Waals surface area (Å²) in [5.41, 5.74) is 1.28. The lowest BCUT2D eigenvalue weighted by Gasteiger charge is -2.35. The van der Waals surface area contributed by atoms with Crippen LogP contribution in [0.3, 0.4) is 0 Å². The maximum atomic E-state index is 10.5. The number of carbonyl (C=O) groups is 1. The van der Waals surface area contributed by atoms with Crippen molar-refractivity contribution in [1.82, 2.24) is 10.2 Å². The number of benzene rings is 1. The molecule has 0 spiro atoms. The van der Waals surface area contributed by atoms with Gasteiger partial charge >= 0.3 is 6.09 Å². The molecule has 1 fully saturated rings. The van der Waals surface area contributed by atoms with E-state index in [0.717, 1.165) is 26.1 Å². The minimum Gasteiger partial charge on any atom is -0.465 e. The highest BCUT2D eigenvalue weighted by Crippen LogP contribution is 2.14. The third-order valence-electron chi connectivity index (χ3n) is 3.33. The van der Waals surface area contributed by atoms with Gasteiger partial charge in [-0.25, -0.2) is 4.79 Å². The minimum absolute atomic E-state index is 0.279. The first-order valence-electron chi connectivity index (χ1n) is 6.58. The highest BCUT2D eigenvalue weighted by molar-refractivity contribution is 5.64. The van der Waals surface area contributed by atoms with Crippen LogP contribution in [0.5, 0.6) is 0 Å². The van der Waals surface area contributed by atoms with Crippen molar-refractivity contribution >= 4 is 6.09 Å². The van der Waals surface area contributed by atoms with E-state index in [2.05, 4.69) is 22.3 Å². The average molecular weight is 264 g/mol. The Bertz CT molecular complexity index is 397. The van der Waals surface area contributed by atoms with E-state index in [-0.39, 0.29) is 6.04 Å². The Labute approximate surface area is 113 Å². The van der Waals surface area contributed by atoms with E-state index in [9.17, 15) is 4.79 Å². The number of morpholine rings is 1. The standard InChI is InChI=1S/C14H20N2O3/c17-14(18)15-7-6-13-11-19-9-8-16(13)10-12-4-2-1-3-5-12/h1-5,13,15H,6-11H2,(H,17,18)/t13-/m1/s1. The molecule has 1 heterocycles. The van der Waals surface area contributed by atoms with E-state index in [4.69, 9.17) is 9.84 Å². The van der Waals surface area contributed by atoms with Crippen LogP contribution in [0.2, 0.25) is 0 Å². The fraction of sp³-hybridized carbons (Fsp3) is 0.500. The lowest BCUT2D eigenvalue weighted by atomic mass is 10.1. The topological polar surface area (TPSA) is 61.8 Å². The summed E-state index contributed by atoms with van der Waals surface area (Å²) < 4.78 is 5.49. The zero-order chi connectivity index (χ0) is 13.5. The predicted octanol–water partition coefficient (Wildman–Crippen LogP) is 1.55. The Kier molecular flexibility index (Phi) is 5.18. The molecule has 0 bridgehead atoms. The van der Waals surface area contributed by atoms with Gasteiger partial charge in [0.25, 0.3) is 0 Å². The second kappa shape index (κ2) is 7.11. The van der Waals surface area contributed by atoms with Crippen molar-refractivity contribution in [1.29, 1.82) is 0 Å². The quantitative estimate of drug-likeness (QED) is 0.847. The molecule has 2 N–H and O–H groups in total. The molecule has 0 aromatic heterocycles. The van der Waals surface area contributed by atoms with Gasteiger partial charge in [-0.3, -0.25) is 4.90 Å². The molecule has 1 amide bonds. The molecule has 0 radical (unpaired) electrons. The lowest BCUT2D eigenvalue weighted by Crippen LogP contribution is -2.46. The van der Waals surface area contributed by atoms with Crippen molar-refractivity contribution < 1.29 is 14.6 Å². The molecule has 5 heteroatoms. The molecule has 19 heavy (non-hydrogen) atoms. The third kappa shape index (κ3) is 4.54. The van der Waals surface area contributed by atoms with Crippen molar-refractivity contribution in [3.63, 3.8) is 0 Å². The monoisotopic (exact) mass is 264 g/mol. The van der Waals surface area contributed by atoms with Crippen molar-refractivity contribution in [2.45, 2.75) is 19.0 Å². The maximum absolute atomic E-state index is 10.5. The summed E-state index contributed by atoms with van der Waals surface area (Å²) in [6.45, 7) is 3.67. The minimum atomic E-state index is -0.966. The van der Waals surface area contributed by atoms with E-state index >= 15 is 0 Å². The average Bonchev–Trinajstić information content (AvgIpc) is 2.41. The Morgan fingerprint density at radius 3 is 2.95 bits per heavy atom. The fourth-order valence-corrected chi connectivity index (χ4v) is 2.33. The molecule has 1 atom stereocenters. The largest absolute Gasteiger partial charge is 0.465 e. The first-order valence-corrected chi connectivity index (χ1v) is 6.58. The van der Waals surface area contributed by atoms with Crippen LogP contribution in [0.15, 0.2) is 30.3 Å². The van der Waals surface area contributed by atoms with Crippen LogP contribution in [-0.2, 0) is 11.3 Å².